The molecular weight excluding hydrogens is 425 g/mol. The zero-order valence-electron chi connectivity index (χ0n) is 18.8. The lowest BCUT2D eigenvalue weighted by Gasteiger charge is -2.35. The lowest BCUT2D eigenvalue weighted by Crippen LogP contribution is -3.19. The summed E-state index contributed by atoms with van der Waals surface area (Å²) in [7, 11) is 0. The lowest BCUT2D eigenvalue weighted by molar-refractivity contribution is -0.915. The monoisotopic (exact) mass is 454 g/mol. The van der Waals surface area contributed by atoms with E-state index >= 15 is 0 Å². The number of halogens is 1. The van der Waals surface area contributed by atoms with Crippen LogP contribution in [0, 0.1) is 5.82 Å². The van der Waals surface area contributed by atoms with E-state index in [0.29, 0.717) is 17.9 Å². The van der Waals surface area contributed by atoms with Gasteiger partial charge in [-0.1, -0.05) is 13.3 Å². The molecule has 7 nitrogen and oxygen atoms in total. The lowest BCUT2D eigenvalue weighted by atomic mass is 10.1. The van der Waals surface area contributed by atoms with Crippen LogP contribution in [0.1, 0.15) is 36.5 Å². The van der Waals surface area contributed by atoms with Crippen molar-refractivity contribution in [3.8, 4) is 0 Å². The van der Waals surface area contributed by atoms with Gasteiger partial charge >= 0.3 is 5.97 Å². The van der Waals surface area contributed by atoms with E-state index in [2.05, 4.69) is 4.90 Å². The van der Waals surface area contributed by atoms with Gasteiger partial charge in [0, 0.05) is 5.69 Å². The third-order valence-corrected chi connectivity index (χ3v) is 6.33. The fourth-order valence-electron chi connectivity index (χ4n) is 4.41. The molecule has 4 rings (SSSR count). The summed E-state index contributed by atoms with van der Waals surface area (Å²) in [4.78, 5) is 42.4. The Morgan fingerprint density at radius 1 is 1.03 bits per heavy atom. The van der Waals surface area contributed by atoms with Gasteiger partial charge in [0.1, 0.15) is 5.82 Å². The Morgan fingerprint density at radius 2 is 1.67 bits per heavy atom. The number of anilines is 2. The molecule has 0 saturated carbocycles. The van der Waals surface area contributed by atoms with Crippen molar-refractivity contribution in [1.29, 1.82) is 0 Å². The highest BCUT2D eigenvalue weighted by Crippen LogP contribution is 2.23. The molecule has 2 saturated heterocycles. The van der Waals surface area contributed by atoms with Crippen LogP contribution in [-0.4, -0.2) is 56.6 Å². The number of hydrogen-bond acceptors (Lipinski definition) is 5. The molecular formula is C25H29FN3O4+. The third kappa shape index (κ3) is 5.06. The van der Waals surface area contributed by atoms with E-state index in [9.17, 15) is 18.8 Å². The molecule has 174 valence electrons. The first-order chi connectivity index (χ1) is 16.0. The molecule has 1 N–H and O–H groups in total. The number of unbranched alkanes of at least 4 members (excludes halogenated alkanes) is 1. The molecule has 1 atom stereocenters. The van der Waals surface area contributed by atoms with Gasteiger partial charge in [0.05, 0.1) is 50.5 Å². The molecule has 0 aliphatic carbocycles. The van der Waals surface area contributed by atoms with Gasteiger partial charge < -0.3 is 14.5 Å². The molecule has 2 aromatic rings. The number of quaternary nitrogens is 1. The van der Waals surface area contributed by atoms with Crippen LogP contribution in [0.3, 0.4) is 0 Å². The van der Waals surface area contributed by atoms with Gasteiger partial charge in [0.2, 0.25) is 5.91 Å². The van der Waals surface area contributed by atoms with E-state index in [1.807, 2.05) is 6.92 Å². The van der Waals surface area contributed by atoms with Crippen LogP contribution in [0.25, 0.3) is 0 Å². The first kappa shape index (κ1) is 22.9. The Balaban J connectivity index is 1.37. The second kappa shape index (κ2) is 10.1. The van der Waals surface area contributed by atoms with Gasteiger partial charge in [-0.25, -0.2) is 14.1 Å². The second-order valence-corrected chi connectivity index (χ2v) is 8.48. The first-order valence-corrected chi connectivity index (χ1v) is 11.5. The Bertz CT molecular complexity index is 1000. The molecule has 2 aromatic carbocycles. The standard InChI is InChI=1S/C25H28FN3O4/c1-2-3-16-33-25(32)18-4-8-21(9-5-18)29-23(30)17-22(24(29)31)28-14-12-27(13-15-28)20-10-6-19(26)7-11-20/h4-11,22H,2-3,12-17H2,1H3/p+1/t22-/m0/s1. The Morgan fingerprint density at radius 3 is 2.30 bits per heavy atom. The fraction of sp³-hybridized carbons (Fsp3) is 0.400. The van der Waals surface area contributed by atoms with Gasteiger partial charge in [-0.15, -0.1) is 0 Å². The van der Waals surface area contributed by atoms with E-state index in [-0.39, 0.29) is 24.1 Å². The van der Waals surface area contributed by atoms with Gasteiger partial charge in [-0.3, -0.25) is 9.59 Å². The number of benzene rings is 2. The van der Waals surface area contributed by atoms with Crippen molar-refractivity contribution in [2.45, 2.75) is 32.2 Å². The predicted octanol–water partition coefficient (Wildman–Crippen LogP) is 1.82. The fourth-order valence-corrected chi connectivity index (χ4v) is 4.41. The largest absolute Gasteiger partial charge is 0.462 e. The van der Waals surface area contributed by atoms with Gasteiger partial charge in [-0.2, -0.15) is 0 Å². The number of esters is 1. The molecule has 2 fully saturated rings. The van der Waals surface area contributed by atoms with Gasteiger partial charge in [0.25, 0.3) is 5.91 Å². The average Bonchev–Trinajstić information content (AvgIpc) is 3.13. The van der Waals surface area contributed by atoms with Crippen molar-refractivity contribution in [1.82, 2.24) is 0 Å². The van der Waals surface area contributed by atoms with Gasteiger partial charge in [0.15, 0.2) is 6.04 Å². The van der Waals surface area contributed by atoms with Crippen LogP contribution in [0.15, 0.2) is 48.5 Å². The van der Waals surface area contributed by atoms with E-state index in [1.54, 1.807) is 36.4 Å². The van der Waals surface area contributed by atoms with Crippen LogP contribution in [0.2, 0.25) is 0 Å². The smallest absolute Gasteiger partial charge is 0.338 e. The van der Waals surface area contributed by atoms with Gasteiger partial charge in [-0.05, 0) is 55.0 Å². The number of nitrogens with one attached hydrogen (secondary N) is 1. The summed E-state index contributed by atoms with van der Waals surface area (Å²) in [6.07, 6.45) is 1.92. The van der Waals surface area contributed by atoms with Crippen molar-refractivity contribution >= 4 is 29.2 Å². The number of ether oxygens (including phenoxy) is 1. The van der Waals surface area contributed by atoms with Crippen molar-refractivity contribution in [2.75, 3.05) is 42.6 Å². The highest BCUT2D eigenvalue weighted by atomic mass is 19.1. The van der Waals surface area contributed by atoms with E-state index in [1.165, 1.54) is 17.0 Å². The summed E-state index contributed by atoms with van der Waals surface area (Å²) in [5, 5.41) is 0. The number of hydrogen-bond donors (Lipinski definition) is 1. The average molecular weight is 455 g/mol. The maximum absolute atomic E-state index is 13.2. The molecule has 2 amide bonds. The minimum absolute atomic E-state index is 0.172. The Hall–Kier alpha value is -3.26. The van der Waals surface area contributed by atoms with Crippen molar-refractivity contribution in [2.24, 2.45) is 0 Å². The summed E-state index contributed by atoms with van der Waals surface area (Å²) in [6, 6.07) is 12.4. The SMILES string of the molecule is CCCCOC(=O)c1ccc(N2C(=O)C[C@H]([NH+]3CCN(c4ccc(F)cc4)CC3)C2=O)cc1. The number of amides is 2. The van der Waals surface area contributed by atoms with Crippen LogP contribution < -0.4 is 14.7 Å². The zero-order valence-corrected chi connectivity index (χ0v) is 18.8. The van der Waals surface area contributed by atoms with Crippen LogP contribution in [0.4, 0.5) is 15.8 Å². The summed E-state index contributed by atoms with van der Waals surface area (Å²) in [5.74, 6) is -1.10. The minimum atomic E-state index is -0.411. The summed E-state index contributed by atoms with van der Waals surface area (Å²) in [5.41, 5.74) is 1.83. The molecule has 0 radical (unpaired) electrons. The molecule has 2 heterocycles. The van der Waals surface area contributed by atoms with Crippen molar-refractivity contribution in [3.05, 3.63) is 59.9 Å². The number of carbonyl (C=O) groups excluding carboxylic acids is 3. The van der Waals surface area contributed by atoms with Crippen LogP contribution >= 0.6 is 0 Å². The quantitative estimate of drug-likeness (QED) is 0.393. The van der Waals surface area contributed by atoms with Crippen LogP contribution in [0.5, 0.6) is 0 Å². The molecule has 8 heteroatoms. The maximum Gasteiger partial charge on any atom is 0.338 e. The molecule has 2 aliphatic rings. The molecule has 0 aromatic heterocycles. The molecule has 0 unspecified atom stereocenters. The maximum atomic E-state index is 13.2. The highest BCUT2D eigenvalue weighted by Gasteiger charge is 2.46. The summed E-state index contributed by atoms with van der Waals surface area (Å²) >= 11 is 0. The Labute approximate surface area is 192 Å². The highest BCUT2D eigenvalue weighted by molar-refractivity contribution is 6.22. The molecule has 0 bridgehead atoms. The Kier molecular flexibility index (Phi) is 7.03. The van der Waals surface area contributed by atoms with E-state index < -0.39 is 12.0 Å². The van der Waals surface area contributed by atoms with Crippen LogP contribution in [-0.2, 0) is 14.3 Å². The number of piperazine rings is 1. The third-order valence-electron chi connectivity index (χ3n) is 6.33. The van der Waals surface area contributed by atoms with Crippen molar-refractivity contribution < 1.29 is 28.4 Å². The number of nitrogens with zero attached hydrogens (tertiary/aromatic N) is 2. The number of imide groups is 1. The molecule has 2 aliphatic heterocycles. The normalized spacial score (nSPS) is 19.3. The first-order valence-electron chi connectivity index (χ1n) is 11.5. The minimum Gasteiger partial charge on any atom is -0.462 e. The number of carbonyl (C=O) groups is 3. The topological polar surface area (TPSA) is 71.4 Å². The summed E-state index contributed by atoms with van der Waals surface area (Å²) in [6.45, 7) is 5.29. The zero-order chi connectivity index (χ0) is 23.4. The van der Waals surface area contributed by atoms with E-state index in [0.717, 1.165) is 49.6 Å². The molecule has 0 spiro atoms. The molecule has 33 heavy (non-hydrogen) atoms. The van der Waals surface area contributed by atoms with Crippen molar-refractivity contribution in [3.63, 3.8) is 0 Å². The second-order valence-electron chi connectivity index (χ2n) is 8.48. The van der Waals surface area contributed by atoms with E-state index in [4.69, 9.17) is 4.74 Å². The number of rotatable bonds is 7. The summed E-state index contributed by atoms with van der Waals surface area (Å²) < 4.78 is 18.4. The predicted molar refractivity (Wildman–Crippen MR) is 122 cm³/mol.